The summed E-state index contributed by atoms with van der Waals surface area (Å²) in [5.41, 5.74) is 1.14. The molecule has 5 N–H and O–H groups in total. The Hall–Kier alpha value is -3.20. The first-order valence-corrected chi connectivity index (χ1v) is 10.9. The van der Waals surface area contributed by atoms with Gasteiger partial charge in [0.2, 0.25) is 11.8 Å². The molecule has 3 amide bonds. The molecule has 9 nitrogen and oxygen atoms in total. The number of aromatic nitrogens is 1. The van der Waals surface area contributed by atoms with Crippen LogP contribution in [-0.2, 0) is 14.4 Å². The molecule has 1 aliphatic heterocycles. The van der Waals surface area contributed by atoms with Gasteiger partial charge >= 0.3 is 0 Å². The first-order valence-electron chi connectivity index (χ1n) is 10.9. The molecule has 1 unspecified atom stereocenters. The van der Waals surface area contributed by atoms with Crippen LogP contribution in [-0.4, -0.2) is 58.8 Å². The summed E-state index contributed by atoms with van der Waals surface area (Å²) in [6.45, 7) is 3.63. The number of hydrogen-bond acceptors (Lipinski definition) is 5. The van der Waals surface area contributed by atoms with E-state index in [0.29, 0.717) is 25.1 Å². The standard InChI is InChI=1S/C23H30N4O5/c1-13(2)9-18(27-23(32)19-10-14-5-3-4-6-16(14)25-19)22(31)26-17(20(29)12-28)11-15-7-8-24-21(15)30/h3-6,10,13,15,17-18,25,28H,7-9,11-12H2,1-2H3,(H,24,30)(H,26,31)(H,27,32)/t15-,17?,18-/m0/s1. The fourth-order valence-corrected chi connectivity index (χ4v) is 3.94. The number of carbonyl (C=O) groups excluding carboxylic acids is 4. The Labute approximate surface area is 186 Å². The topological polar surface area (TPSA) is 140 Å². The first-order chi connectivity index (χ1) is 15.3. The highest BCUT2D eigenvalue weighted by atomic mass is 16.3. The van der Waals surface area contributed by atoms with Crippen molar-refractivity contribution < 1.29 is 24.3 Å². The Kier molecular flexibility index (Phi) is 7.63. The highest BCUT2D eigenvalue weighted by molar-refractivity contribution is 6.00. The number of aliphatic hydroxyl groups is 1. The Morgan fingerprint density at radius 1 is 1.16 bits per heavy atom. The van der Waals surface area contributed by atoms with Crippen molar-refractivity contribution in [1.29, 1.82) is 0 Å². The maximum Gasteiger partial charge on any atom is 0.268 e. The van der Waals surface area contributed by atoms with Crippen molar-refractivity contribution in [2.24, 2.45) is 11.8 Å². The molecule has 1 saturated heterocycles. The number of para-hydroxylation sites is 1. The number of rotatable bonds is 10. The number of hydrogen-bond donors (Lipinski definition) is 5. The van der Waals surface area contributed by atoms with Gasteiger partial charge in [-0.3, -0.25) is 19.2 Å². The minimum Gasteiger partial charge on any atom is -0.389 e. The summed E-state index contributed by atoms with van der Waals surface area (Å²) in [6.07, 6.45) is 1.04. The van der Waals surface area contributed by atoms with E-state index in [1.54, 1.807) is 6.07 Å². The second-order valence-electron chi connectivity index (χ2n) is 8.62. The van der Waals surface area contributed by atoms with Crippen LogP contribution in [0.5, 0.6) is 0 Å². The van der Waals surface area contributed by atoms with Crippen molar-refractivity contribution in [3.63, 3.8) is 0 Å². The summed E-state index contributed by atoms with van der Waals surface area (Å²) in [6, 6.07) is 7.31. The summed E-state index contributed by atoms with van der Waals surface area (Å²) in [7, 11) is 0. The van der Waals surface area contributed by atoms with Crippen LogP contribution in [0.4, 0.5) is 0 Å². The molecular weight excluding hydrogens is 412 g/mol. The predicted octanol–water partition coefficient (Wildman–Crippen LogP) is 0.885. The molecule has 3 atom stereocenters. The molecule has 2 heterocycles. The fourth-order valence-electron chi connectivity index (χ4n) is 3.94. The average molecular weight is 443 g/mol. The van der Waals surface area contributed by atoms with Crippen molar-refractivity contribution >= 4 is 34.4 Å². The molecule has 1 aromatic carbocycles. The van der Waals surface area contributed by atoms with Crippen molar-refractivity contribution in [2.45, 2.75) is 45.2 Å². The zero-order valence-electron chi connectivity index (χ0n) is 18.3. The average Bonchev–Trinajstić information content (AvgIpc) is 3.37. The summed E-state index contributed by atoms with van der Waals surface area (Å²) in [5.74, 6) is -1.98. The molecule has 0 spiro atoms. The second kappa shape index (κ2) is 10.4. The van der Waals surface area contributed by atoms with E-state index in [1.807, 2.05) is 38.1 Å². The molecule has 172 valence electrons. The van der Waals surface area contributed by atoms with E-state index in [9.17, 15) is 24.3 Å². The lowest BCUT2D eigenvalue weighted by Gasteiger charge is -2.24. The maximum absolute atomic E-state index is 13.0. The highest BCUT2D eigenvalue weighted by Gasteiger charge is 2.33. The lowest BCUT2D eigenvalue weighted by molar-refractivity contribution is -0.131. The van der Waals surface area contributed by atoms with E-state index in [1.165, 1.54) is 0 Å². The molecule has 1 aliphatic rings. The molecule has 0 saturated carbocycles. The van der Waals surface area contributed by atoms with Crippen LogP contribution in [0, 0.1) is 11.8 Å². The number of aliphatic hydroxyl groups excluding tert-OH is 1. The molecule has 32 heavy (non-hydrogen) atoms. The SMILES string of the molecule is CC(C)C[C@H](NC(=O)c1cc2ccccc2[nH]1)C(=O)NC(C[C@@H]1CCNC1=O)C(=O)CO. The van der Waals surface area contributed by atoms with E-state index >= 15 is 0 Å². The molecule has 1 fully saturated rings. The quantitative estimate of drug-likeness (QED) is 0.372. The third kappa shape index (κ3) is 5.73. The van der Waals surface area contributed by atoms with Crippen molar-refractivity contribution in [3.05, 3.63) is 36.0 Å². The van der Waals surface area contributed by atoms with E-state index < -0.39 is 42.2 Å². The Morgan fingerprint density at radius 3 is 2.53 bits per heavy atom. The number of H-pyrrole nitrogens is 1. The Morgan fingerprint density at radius 2 is 1.91 bits per heavy atom. The van der Waals surface area contributed by atoms with Crippen LogP contribution in [0.15, 0.2) is 30.3 Å². The van der Waals surface area contributed by atoms with Gasteiger partial charge in [-0.05, 0) is 37.3 Å². The molecular formula is C23H30N4O5. The molecule has 0 aliphatic carbocycles. The summed E-state index contributed by atoms with van der Waals surface area (Å²) >= 11 is 0. The number of benzene rings is 1. The second-order valence-corrected chi connectivity index (χ2v) is 8.62. The molecule has 3 rings (SSSR count). The van der Waals surface area contributed by atoms with Crippen molar-refractivity contribution in [3.8, 4) is 0 Å². The van der Waals surface area contributed by atoms with Crippen LogP contribution >= 0.6 is 0 Å². The number of ketones is 1. The van der Waals surface area contributed by atoms with Gasteiger partial charge in [0.15, 0.2) is 5.78 Å². The first kappa shape index (κ1) is 23.5. The van der Waals surface area contributed by atoms with Gasteiger partial charge in [0, 0.05) is 23.4 Å². The van der Waals surface area contributed by atoms with Crippen molar-refractivity contribution in [2.75, 3.05) is 13.2 Å². The third-order valence-corrected chi connectivity index (χ3v) is 5.65. The number of nitrogens with one attached hydrogen (secondary N) is 4. The number of Topliss-reactive ketones (excluding diaryl/α,β-unsaturated/α-hetero) is 1. The van der Waals surface area contributed by atoms with Gasteiger partial charge in [0.1, 0.15) is 18.3 Å². The number of carbonyl (C=O) groups is 4. The molecule has 9 heteroatoms. The zero-order chi connectivity index (χ0) is 23.3. The lowest BCUT2D eigenvalue weighted by atomic mass is 9.95. The summed E-state index contributed by atoms with van der Waals surface area (Å²) < 4.78 is 0. The minimum absolute atomic E-state index is 0.0985. The van der Waals surface area contributed by atoms with Gasteiger partial charge in [-0.25, -0.2) is 0 Å². The Bertz CT molecular complexity index is 966. The monoisotopic (exact) mass is 442 g/mol. The van der Waals surface area contributed by atoms with Gasteiger partial charge in [-0.1, -0.05) is 32.0 Å². The van der Waals surface area contributed by atoms with E-state index in [4.69, 9.17) is 0 Å². The number of fused-ring (bicyclic) bond motifs is 1. The van der Waals surface area contributed by atoms with Gasteiger partial charge in [-0.15, -0.1) is 0 Å². The normalized spacial score (nSPS) is 17.8. The van der Waals surface area contributed by atoms with Crippen LogP contribution in [0.2, 0.25) is 0 Å². The van der Waals surface area contributed by atoms with Crippen LogP contribution < -0.4 is 16.0 Å². The van der Waals surface area contributed by atoms with E-state index in [-0.39, 0.29) is 18.2 Å². The maximum atomic E-state index is 13.0. The van der Waals surface area contributed by atoms with Crippen LogP contribution in [0.3, 0.4) is 0 Å². The largest absolute Gasteiger partial charge is 0.389 e. The van der Waals surface area contributed by atoms with Crippen LogP contribution in [0.25, 0.3) is 10.9 Å². The van der Waals surface area contributed by atoms with Gasteiger partial charge in [-0.2, -0.15) is 0 Å². The van der Waals surface area contributed by atoms with Crippen LogP contribution in [0.1, 0.15) is 43.6 Å². The van der Waals surface area contributed by atoms with Gasteiger partial charge in [0.25, 0.3) is 5.91 Å². The van der Waals surface area contributed by atoms with E-state index in [0.717, 1.165) is 10.9 Å². The number of aromatic amines is 1. The number of amides is 3. The fraction of sp³-hybridized carbons (Fsp3) is 0.478. The lowest BCUT2D eigenvalue weighted by Crippen LogP contribution is -2.53. The van der Waals surface area contributed by atoms with Gasteiger partial charge in [0.05, 0.1) is 6.04 Å². The molecule has 1 aromatic heterocycles. The minimum atomic E-state index is -0.999. The Balaban J connectivity index is 1.72. The highest BCUT2D eigenvalue weighted by Crippen LogP contribution is 2.18. The third-order valence-electron chi connectivity index (χ3n) is 5.65. The van der Waals surface area contributed by atoms with Crippen molar-refractivity contribution in [1.82, 2.24) is 20.9 Å². The smallest absolute Gasteiger partial charge is 0.268 e. The molecule has 0 radical (unpaired) electrons. The summed E-state index contributed by atoms with van der Waals surface area (Å²) in [4.78, 5) is 53.0. The molecule has 0 bridgehead atoms. The summed E-state index contributed by atoms with van der Waals surface area (Å²) in [5, 5.41) is 18.3. The van der Waals surface area contributed by atoms with E-state index in [2.05, 4.69) is 20.9 Å². The molecule has 2 aromatic rings. The van der Waals surface area contributed by atoms with Gasteiger partial charge < -0.3 is 26.0 Å². The zero-order valence-corrected chi connectivity index (χ0v) is 18.3. The predicted molar refractivity (Wildman–Crippen MR) is 119 cm³/mol.